The molecule has 104 valence electrons. The van der Waals surface area contributed by atoms with Gasteiger partial charge in [-0.1, -0.05) is 0 Å². The van der Waals surface area contributed by atoms with Gasteiger partial charge in [0.1, 0.15) is 5.60 Å². The number of rotatable bonds is 1. The zero-order chi connectivity index (χ0) is 13.6. The van der Waals surface area contributed by atoms with Crippen molar-refractivity contribution in [3.05, 3.63) is 0 Å². The van der Waals surface area contributed by atoms with Gasteiger partial charge in [-0.25, -0.2) is 13.2 Å². The predicted molar refractivity (Wildman–Crippen MR) is 67.1 cm³/mol. The van der Waals surface area contributed by atoms with E-state index in [9.17, 15) is 13.2 Å². The van der Waals surface area contributed by atoms with E-state index in [1.54, 1.807) is 20.8 Å². The van der Waals surface area contributed by atoms with E-state index in [0.717, 1.165) is 0 Å². The van der Waals surface area contributed by atoms with Gasteiger partial charge in [0.05, 0.1) is 17.0 Å². The summed E-state index contributed by atoms with van der Waals surface area (Å²) in [6, 6.07) is -0.343. The molecule has 2 aliphatic rings. The fourth-order valence-electron chi connectivity index (χ4n) is 2.57. The van der Waals surface area contributed by atoms with Crippen molar-refractivity contribution in [1.29, 1.82) is 0 Å². The zero-order valence-corrected chi connectivity index (χ0v) is 11.7. The molecular formula is C11H20N2O4S. The van der Waals surface area contributed by atoms with Gasteiger partial charge in [-0.05, 0) is 20.8 Å². The lowest BCUT2D eigenvalue weighted by molar-refractivity contribution is 0.0499. The molecule has 18 heavy (non-hydrogen) atoms. The lowest BCUT2D eigenvalue weighted by atomic mass is 10.0. The minimum atomic E-state index is -3.10. The molecular weight excluding hydrogens is 256 g/mol. The first-order valence-corrected chi connectivity index (χ1v) is 7.82. The Balaban J connectivity index is 2.01. The Morgan fingerprint density at radius 3 is 2.61 bits per heavy atom. The first-order valence-electron chi connectivity index (χ1n) is 6.11. The molecule has 1 amide bonds. The topological polar surface area (TPSA) is 84.5 Å². The second kappa shape index (κ2) is 4.38. The smallest absolute Gasteiger partial charge is 0.407 e. The lowest BCUT2D eigenvalue weighted by Crippen LogP contribution is -2.44. The molecule has 7 heteroatoms. The van der Waals surface area contributed by atoms with Crippen LogP contribution < -0.4 is 10.6 Å². The molecule has 2 rings (SSSR count). The maximum atomic E-state index is 11.9. The monoisotopic (exact) mass is 276 g/mol. The number of sulfone groups is 1. The Morgan fingerprint density at radius 2 is 2.00 bits per heavy atom. The number of carbonyl (C=O) groups excluding carboxylic acids is 1. The number of carbonyl (C=O) groups is 1. The third kappa shape index (κ3) is 2.77. The van der Waals surface area contributed by atoms with E-state index in [2.05, 4.69) is 10.6 Å². The Bertz CT molecular complexity index is 440. The maximum absolute atomic E-state index is 11.9. The van der Waals surface area contributed by atoms with Gasteiger partial charge in [0.2, 0.25) is 0 Å². The van der Waals surface area contributed by atoms with Gasteiger partial charge >= 0.3 is 6.09 Å². The number of amides is 1. The third-order valence-electron chi connectivity index (χ3n) is 3.30. The SMILES string of the molecule is CC(C)(C)OC(=O)N[C@H]1CS(=O)(=O)[C@@H]2CNC[C@H]12. The molecule has 2 fully saturated rings. The molecule has 0 aromatic heterocycles. The largest absolute Gasteiger partial charge is 0.444 e. The summed E-state index contributed by atoms with van der Waals surface area (Å²) in [6.07, 6.45) is -0.546. The standard InChI is InChI=1S/C11H20N2O4S/c1-11(2,3)17-10(14)13-8-6-18(15,16)9-5-12-4-7(8)9/h7-9,12H,4-6H2,1-3H3,(H,13,14)/t7-,8+,9-/m1/s1. The second-order valence-corrected chi connectivity index (χ2v) is 8.21. The highest BCUT2D eigenvalue weighted by molar-refractivity contribution is 7.92. The van der Waals surface area contributed by atoms with E-state index in [4.69, 9.17) is 4.74 Å². The minimum Gasteiger partial charge on any atom is -0.444 e. The van der Waals surface area contributed by atoms with E-state index < -0.39 is 21.5 Å². The number of hydrogen-bond acceptors (Lipinski definition) is 5. The molecule has 0 bridgehead atoms. The van der Waals surface area contributed by atoms with E-state index in [-0.39, 0.29) is 23.0 Å². The van der Waals surface area contributed by atoms with Crippen molar-refractivity contribution in [2.24, 2.45) is 5.92 Å². The average molecular weight is 276 g/mol. The van der Waals surface area contributed by atoms with Crippen molar-refractivity contribution in [3.63, 3.8) is 0 Å². The summed E-state index contributed by atoms with van der Waals surface area (Å²) in [5, 5.41) is 5.38. The molecule has 6 nitrogen and oxygen atoms in total. The lowest BCUT2D eigenvalue weighted by Gasteiger charge is -2.23. The summed E-state index contributed by atoms with van der Waals surface area (Å²) in [5.41, 5.74) is -0.575. The summed E-state index contributed by atoms with van der Waals surface area (Å²) < 4.78 is 28.9. The molecule has 0 aromatic carbocycles. The number of alkyl carbamates (subject to hydrolysis) is 1. The van der Waals surface area contributed by atoms with Crippen LogP contribution in [0.1, 0.15) is 20.8 Å². The first-order chi connectivity index (χ1) is 8.19. The molecule has 2 N–H and O–H groups in total. The number of nitrogens with one attached hydrogen (secondary N) is 2. The fraction of sp³-hybridized carbons (Fsp3) is 0.909. The van der Waals surface area contributed by atoms with Gasteiger partial charge in [0.25, 0.3) is 0 Å². The van der Waals surface area contributed by atoms with Gasteiger partial charge in [0.15, 0.2) is 9.84 Å². The normalized spacial score (nSPS) is 34.1. The summed E-state index contributed by atoms with van der Waals surface area (Å²) >= 11 is 0. The van der Waals surface area contributed by atoms with Crippen LogP contribution in [0.5, 0.6) is 0 Å². The average Bonchev–Trinajstić information content (AvgIpc) is 2.67. The van der Waals surface area contributed by atoms with Crippen LogP contribution in [0.3, 0.4) is 0 Å². The highest BCUT2D eigenvalue weighted by Crippen LogP contribution is 2.30. The number of fused-ring (bicyclic) bond motifs is 1. The van der Waals surface area contributed by atoms with Crippen LogP contribution in [0.25, 0.3) is 0 Å². The molecule has 0 aromatic rings. The van der Waals surface area contributed by atoms with E-state index in [1.807, 2.05) is 0 Å². The summed E-state index contributed by atoms with van der Waals surface area (Å²) in [7, 11) is -3.10. The van der Waals surface area contributed by atoms with Crippen LogP contribution in [0.2, 0.25) is 0 Å². The Labute approximate surface area is 107 Å². The summed E-state index contributed by atoms with van der Waals surface area (Å²) in [4.78, 5) is 11.7. The predicted octanol–water partition coefficient (Wildman–Crippen LogP) is -0.104. The summed E-state index contributed by atoms with van der Waals surface area (Å²) in [6.45, 7) is 6.44. The maximum Gasteiger partial charge on any atom is 0.407 e. The van der Waals surface area contributed by atoms with Crippen LogP contribution in [0.15, 0.2) is 0 Å². The van der Waals surface area contributed by atoms with Gasteiger partial charge in [-0.15, -0.1) is 0 Å². The van der Waals surface area contributed by atoms with Gasteiger partial charge in [0, 0.05) is 19.0 Å². The van der Waals surface area contributed by atoms with E-state index in [1.165, 1.54) is 0 Å². The van der Waals surface area contributed by atoms with Gasteiger partial charge in [-0.3, -0.25) is 0 Å². The number of hydrogen-bond donors (Lipinski definition) is 2. The molecule has 0 saturated carbocycles. The fourth-order valence-corrected chi connectivity index (χ4v) is 4.84. The van der Waals surface area contributed by atoms with Crippen LogP contribution >= 0.6 is 0 Å². The zero-order valence-electron chi connectivity index (χ0n) is 10.9. The first kappa shape index (κ1) is 13.6. The molecule has 0 radical (unpaired) electrons. The van der Waals surface area contributed by atoms with Crippen molar-refractivity contribution in [3.8, 4) is 0 Å². The molecule has 2 aliphatic heterocycles. The van der Waals surface area contributed by atoms with Crippen molar-refractivity contribution in [1.82, 2.24) is 10.6 Å². The van der Waals surface area contributed by atoms with Crippen LogP contribution in [0.4, 0.5) is 4.79 Å². The van der Waals surface area contributed by atoms with Crippen molar-refractivity contribution >= 4 is 15.9 Å². The van der Waals surface area contributed by atoms with Crippen molar-refractivity contribution in [2.45, 2.75) is 37.7 Å². The Kier molecular flexibility index (Phi) is 3.31. The highest BCUT2D eigenvalue weighted by atomic mass is 32.2. The van der Waals surface area contributed by atoms with Crippen molar-refractivity contribution in [2.75, 3.05) is 18.8 Å². The Hall–Kier alpha value is -0.820. The van der Waals surface area contributed by atoms with Crippen LogP contribution in [0, 0.1) is 5.92 Å². The Morgan fingerprint density at radius 1 is 1.33 bits per heavy atom. The molecule has 3 atom stereocenters. The number of ether oxygens (including phenoxy) is 1. The third-order valence-corrected chi connectivity index (χ3v) is 5.56. The minimum absolute atomic E-state index is 0.0171. The summed E-state index contributed by atoms with van der Waals surface area (Å²) in [5.74, 6) is -0.0222. The molecule has 0 spiro atoms. The van der Waals surface area contributed by atoms with Crippen molar-refractivity contribution < 1.29 is 17.9 Å². The molecule has 2 saturated heterocycles. The van der Waals surface area contributed by atoms with Crippen LogP contribution in [-0.2, 0) is 14.6 Å². The molecule has 0 unspecified atom stereocenters. The highest BCUT2D eigenvalue weighted by Gasteiger charge is 2.50. The van der Waals surface area contributed by atoms with Crippen LogP contribution in [-0.4, -0.2) is 50.2 Å². The van der Waals surface area contributed by atoms with Gasteiger partial charge in [-0.2, -0.15) is 0 Å². The van der Waals surface area contributed by atoms with E-state index >= 15 is 0 Å². The molecule has 0 aliphatic carbocycles. The molecule has 2 heterocycles. The van der Waals surface area contributed by atoms with Gasteiger partial charge < -0.3 is 15.4 Å². The second-order valence-electron chi connectivity index (χ2n) is 5.94. The quantitative estimate of drug-likeness (QED) is 0.698. The van der Waals surface area contributed by atoms with E-state index in [0.29, 0.717) is 13.1 Å².